The number of benzene rings is 2. The van der Waals surface area contributed by atoms with Crippen molar-refractivity contribution < 1.29 is 31.5 Å². The van der Waals surface area contributed by atoms with Gasteiger partial charge >= 0.3 is 6.18 Å². The number of rotatable bonds is 8. The summed E-state index contributed by atoms with van der Waals surface area (Å²) in [5.41, 5.74) is 7.15. The van der Waals surface area contributed by atoms with E-state index >= 15 is 0 Å². The molecule has 1 amide bonds. The zero-order chi connectivity index (χ0) is 33.2. The molecule has 47 heavy (non-hydrogen) atoms. The Morgan fingerprint density at radius 3 is 2.15 bits per heavy atom. The molecule has 8 rings (SSSR count). The van der Waals surface area contributed by atoms with E-state index < -0.39 is 23.7 Å². The number of fused-ring (bicyclic) bond motifs is 3. The number of amides is 1. The summed E-state index contributed by atoms with van der Waals surface area (Å²) in [6.07, 6.45) is -0.0389. The molecule has 0 unspecified atom stereocenters. The van der Waals surface area contributed by atoms with E-state index in [1.807, 2.05) is 48.5 Å². The molecule has 4 aromatic rings. The van der Waals surface area contributed by atoms with Gasteiger partial charge in [0.2, 0.25) is 5.91 Å². The van der Waals surface area contributed by atoms with E-state index in [4.69, 9.17) is 14.9 Å². The Balaban J connectivity index is 1.14. The van der Waals surface area contributed by atoms with Gasteiger partial charge in [-0.15, -0.1) is 0 Å². The molecular weight excluding hydrogens is 616 g/mol. The number of nitrogens with two attached hydrogens (primary N) is 1. The van der Waals surface area contributed by atoms with Gasteiger partial charge in [-0.05, 0) is 104 Å². The van der Waals surface area contributed by atoms with Crippen LogP contribution in [0.1, 0.15) is 76.9 Å². The summed E-state index contributed by atoms with van der Waals surface area (Å²) in [6, 6.07) is 15.1. The van der Waals surface area contributed by atoms with Gasteiger partial charge in [0.1, 0.15) is 0 Å². The van der Waals surface area contributed by atoms with Crippen LogP contribution in [0.5, 0.6) is 0 Å². The molecule has 2 heterocycles. The van der Waals surface area contributed by atoms with Crippen molar-refractivity contribution in [3.63, 3.8) is 0 Å². The second-order valence-electron chi connectivity index (χ2n) is 14.1. The number of nitrogen functional groups attached to an aromatic ring is 1. The lowest BCUT2D eigenvalue weighted by Crippen LogP contribution is -2.53. The van der Waals surface area contributed by atoms with Gasteiger partial charge in [-0.25, -0.2) is 9.02 Å². The van der Waals surface area contributed by atoms with Gasteiger partial charge in [0.25, 0.3) is 5.89 Å². The van der Waals surface area contributed by atoms with Crippen molar-refractivity contribution in [3.8, 4) is 22.4 Å². The minimum absolute atomic E-state index is 0.0347. The van der Waals surface area contributed by atoms with E-state index in [2.05, 4.69) is 20.5 Å². The maximum Gasteiger partial charge on any atom is 0.391 e. The number of anilines is 2. The number of carbonyl (C=O) groups is 1. The second-order valence-corrected chi connectivity index (χ2v) is 14.1. The van der Waals surface area contributed by atoms with Crippen LogP contribution < -0.4 is 10.6 Å². The molecule has 9 nitrogen and oxygen atoms in total. The molecule has 248 valence electrons. The Hall–Kier alpha value is -4.29. The summed E-state index contributed by atoms with van der Waals surface area (Å²) in [6.45, 7) is 3.18. The molecule has 2 bridgehead atoms. The minimum Gasteiger partial charge on any atom is -0.379 e. The molecule has 2 aromatic carbocycles. The van der Waals surface area contributed by atoms with Crippen LogP contribution in [0.3, 0.4) is 0 Å². The van der Waals surface area contributed by atoms with Crippen LogP contribution >= 0.6 is 0 Å². The maximum atomic E-state index is 14.5. The van der Waals surface area contributed by atoms with Crippen LogP contribution in [0, 0.1) is 17.3 Å². The topological polar surface area (TPSA) is 124 Å². The molecule has 0 radical (unpaired) electrons. The van der Waals surface area contributed by atoms with Gasteiger partial charge in [0, 0.05) is 29.1 Å². The second kappa shape index (κ2) is 11.2. The van der Waals surface area contributed by atoms with E-state index in [0.717, 1.165) is 55.2 Å². The number of nitrogens with zero attached hydrogens (tertiary/aromatic N) is 5. The molecule has 4 fully saturated rings. The fourth-order valence-corrected chi connectivity index (χ4v) is 7.52. The smallest absolute Gasteiger partial charge is 0.379 e. The predicted octanol–water partition coefficient (Wildman–Crippen LogP) is 7.79. The zero-order valence-electron chi connectivity index (χ0n) is 26.2. The van der Waals surface area contributed by atoms with Crippen LogP contribution in [0.25, 0.3) is 22.4 Å². The number of hydrogen-bond acceptors (Lipinski definition) is 8. The Labute approximate surface area is 268 Å². The largest absolute Gasteiger partial charge is 0.391 e. The Morgan fingerprint density at radius 2 is 1.57 bits per heavy atom. The van der Waals surface area contributed by atoms with E-state index in [-0.39, 0.29) is 41.3 Å². The number of hydrogen-bond donors (Lipinski definition) is 1. The third-order valence-corrected chi connectivity index (χ3v) is 10.7. The van der Waals surface area contributed by atoms with Gasteiger partial charge in [-0.2, -0.15) is 18.2 Å². The molecule has 0 saturated heterocycles. The molecule has 4 aliphatic rings. The molecule has 0 spiro atoms. The van der Waals surface area contributed by atoms with Crippen LogP contribution in [0.2, 0.25) is 0 Å². The first-order chi connectivity index (χ1) is 22.3. The molecule has 4 aliphatic carbocycles. The zero-order valence-corrected chi connectivity index (χ0v) is 26.2. The van der Waals surface area contributed by atoms with E-state index in [1.165, 1.54) is 13.8 Å². The molecule has 4 saturated carbocycles. The highest BCUT2D eigenvalue weighted by Crippen LogP contribution is 2.58. The minimum atomic E-state index is -4.30. The summed E-state index contributed by atoms with van der Waals surface area (Å²) < 4.78 is 64.7. The summed E-state index contributed by atoms with van der Waals surface area (Å²) in [4.78, 5) is 20.2. The summed E-state index contributed by atoms with van der Waals surface area (Å²) in [5, 5.41) is 11.6. The van der Waals surface area contributed by atoms with Gasteiger partial charge in [-0.3, -0.25) is 4.79 Å². The normalized spacial score (nSPS) is 25.8. The molecule has 13 heteroatoms. The van der Waals surface area contributed by atoms with E-state index in [1.54, 1.807) is 4.90 Å². The van der Waals surface area contributed by atoms with E-state index in [9.17, 15) is 22.4 Å². The number of aromatic nitrogens is 4. The van der Waals surface area contributed by atoms with Gasteiger partial charge in [0.15, 0.2) is 23.0 Å². The average molecular weight is 653 g/mol. The van der Waals surface area contributed by atoms with Crippen molar-refractivity contribution in [2.45, 2.75) is 82.5 Å². The standard InChI is InChI=1S/C34H36F4N6O3/c1-31(2,35)30-40-29(43-46-30)33-13-10-32(11-14-33,12-15-33)19-44(28(45)23-16-24(17-23)34(36,37)38)25-5-3-4-22(18-25)20-6-8-21(9-7-20)26-27(39)42-47-41-26/h3-9,18,23-24H,10-17,19H2,1-2H3,(H2,39,42)/t23-,24-,32?,33?. The lowest BCUT2D eigenvalue weighted by molar-refractivity contribution is -0.204. The number of carbonyl (C=O) groups excluding carboxylic acids is 1. The van der Waals surface area contributed by atoms with E-state index in [0.29, 0.717) is 23.8 Å². The van der Waals surface area contributed by atoms with Crippen LogP contribution in [-0.2, 0) is 15.9 Å². The Kier molecular flexibility index (Phi) is 7.43. The fraction of sp³-hybridized carbons (Fsp3) is 0.500. The number of alkyl halides is 4. The average Bonchev–Trinajstić information content (AvgIpc) is 3.70. The van der Waals surface area contributed by atoms with Crippen molar-refractivity contribution in [2.75, 3.05) is 17.2 Å². The number of halogens is 4. The predicted molar refractivity (Wildman–Crippen MR) is 164 cm³/mol. The van der Waals surface area contributed by atoms with Crippen LogP contribution in [-0.4, -0.2) is 39.1 Å². The molecule has 2 aromatic heterocycles. The highest BCUT2D eigenvalue weighted by Gasteiger charge is 2.54. The van der Waals surface area contributed by atoms with Gasteiger partial charge < -0.3 is 15.2 Å². The highest BCUT2D eigenvalue weighted by atomic mass is 19.4. The van der Waals surface area contributed by atoms with Gasteiger partial charge in [0.05, 0.1) is 5.92 Å². The maximum absolute atomic E-state index is 14.5. The van der Waals surface area contributed by atoms with Crippen molar-refractivity contribution >= 4 is 17.4 Å². The monoisotopic (exact) mass is 652 g/mol. The highest BCUT2D eigenvalue weighted by molar-refractivity contribution is 5.96. The van der Waals surface area contributed by atoms with Crippen molar-refractivity contribution in [1.29, 1.82) is 0 Å². The van der Waals surface area contributed by atoms with Crippen molar-refractivity contribution in [2.24, 2.45) is 17.3 Å². The Morgan fingerprint density at radius 1 is 0.915 bits per heavy atom. The third-order valence-electron chi connectivity index (χ3n) is 10.7. The lowest BCUT2D eigenvalue weighted by atomic mass is 9.53. The summed E-state index contributed by atoms with van der Waals surface area (Å²) in [5.74, 6) is -1.71. The van der Waals surface area contributed by atoms with Crippen molar-refractivity contribution in [1.82, 2.24) is 20.5 Å². The quantitative estimate of drug-likeness (QED) is 0.191. The van der Waals surface area contributed by atoms with Crippen LogP contribution in [0.4, 0.5) is 29.1 Å². The first-order valence-electron chi connectivity index (χ1n) is 16.0. The Bertz CT molecular complexity index is 1750. The first kappa shape index (κ1) is 31.3. The molecule has 2 N–H and O–H groups in total. The summed E-state index contributed by atoms with van der Waals surface area (Å²) >= 11 is 0. The lowest BCUT2D eigenvalue weighted by Gasteiger charge is -2.53. The third kappa shape index (κ3) is 5.78. The molecular formula is C34H36F4N6O3. The fourth-order valence-electron chi connectivity index (χ4n) is 7.52. The first-order valence-corrected chi connectivity index (χ1v) is 16.0. The SMILES string of the molecule is CC(C)(F)c1nc(C23CCC(CN(c4cccc(-c5ccc(-c6nonc6N)cc5)c4)C(=O)[C@H]4C[C@H](C(F)(F)F)C4)(CC2)CC3)no1. The van der Waals surface area contributed by atoms with Crippen molar-refractivity contribution in [3.05, 3.63) is 60.2 Å². The summed E-state index contributed by atoms with van der Waals surface area (Å²) in [7, 11) is 0. The molecule has 0 atom stereocenters. The molecule has 0 aliphatic heterocycles. The van der Waals surface area contributed by atoms with Gasteiger partial charge in [-0.1, -0.05) is 41.6 Å². The van der Waals surface area contributed by atoms with Crippen LogP contribution in [0.15, 0.2) is 57.7 Å².